The Labute approximate surface area is 106 Å². The third kappa shape index (κ3) is 2.77. The number of nitrogen functional groups attached to an aromatic ring is 1. The number of unbranched alkanes of at least 4 members (excludes halogenated alkanes) is 1. The highest BCUT2D eigenvalue weighted by molar-refractivity contribution is 7.11. The molecule has 2 aromatic rings. The molecule has 17 heavy (non-hydrogen) atoms. The first-order valence-corrected chi connectivity index (χ1v) is 6.64. The Morgan fingerprint density at radius 2 is 2.06 bits per heavy atom. The minimum Gasteiger partial charge on any atom is -0.382 e. The summed E-state index contributed by atoms with van der Waals surface area (Å²) in [6.45, 7) is 3.15. The van der Waals surface area contributed by atoms with Gasteiger partial charge in [-0.15, -0.1) is 0 Å². The van der Waals surface area contributed by atoms with Crippen LogP contribution in [-0.2, 0) is 0 Å². The maximum absolute atomic E-state index is 5.94. The Kier molecular flexibility index (Phi) is 3.98. The second-order valence-electron chi connectivity index (χ2n) is 3.92. The van der Waals surface area contributed by atoms with Crippen LogP contribution in [0, 0.1) is 0 Å². The normalized spacial score (nSPS) is 10.4. The van der Waals surface area contributed by atoms with Crippen molar-refractivity contribution in [3.05, 3.63) is 30.3 Å². The quantitative estimate of drug-likeness (QED) is 0.794. The Bertz CT molecular complexity index is 465. The van der Waals surface area contributed by atoms with E-state index < -0.39 is 0 Å². The van der Waals surface area contributed by atoms with Gasteiger partial charge >= 0.3 is 0 Å². The molecule has 1 aromatic heterocycles. The molecule has 0 unspecified atom stereocenters. The van der Waals surface area contributed by atoms with Crippen molar-refractivity contribution in [1.82, 2.24) is 4.37 Å². The van der Waals surface area contributed by atoms with Crippen LogP contribution in [0.1, 0.15) is 19.8 Å². The van der Waals surface area contributed by atoms with Gasteiger partial charge in [0.25, 0.3) is 0 Å². The summed E-state index contributed by atoms with van der Waals surface area (Å²) in [5.74, 6) is 0.611. The van der Waals surface area contributed by atoms with Gasteiger partial charge < -0.3 is 11.1 Å². The van der Waals surface area contributed by atoms with Gasteiger partial charge in [-0.2, -0.15) is 4.37 Å². The molecule has 3 nitrogen and oxygen atoms in total. The zero-order chi connectivity index (χ0) is 12.1. The molecule has 0 amide bonds. The van der Waals surface area contributed by atoms with Crippen LogP contribution in [0.3, 0.4) is 0 Å². The van der Waals surface area contributed by atoms with Gasteiger partial charge in [0.05, 0.1) is 5.56 Å². The molecule has 0 saturated heterocycles. The summed E-state index contributed by atoms with van der Waals surface area (Å²) >= 11 is 1.44. The van der Waals surface area contributed by atoms with E-state index >= 15 is 0 Å². The molecule has 4 heteroatoms. The van der Waals surface area contributed by atoms with Gasteiger partial charge in [0, 0.05) is 6.54 Å². The minimum atomic E-state index is 0.611. The molecule has 0 atom stereocenters. The van der Waals surface area contributed by atoms with Crippen LogP contribution in [0.4, 0.5) is 10.8 Å². The first-order chi connectivity index (χ1) is 8.33. The Morgan fingerprint density at radius 1 is 1.29 bits per heavy atom. The van der Waals surface area contributed by atoms with Gasteiger partial charge in [-0.05, 0) is 23.5 Å². The van der Waals surface area contributed by atoms with E-state index in [9.17, 15) is 0 Å². The van der Waals surface area contributed by atoms with Crippen molar-refractivity contribution in [3.63, 3.8) is 0 Å². The summed E-state index contributed by atoms with van der Waals surface area (Å²) in [7, 11) is 0. The van der Waals surface area contributed by atoms with Gasteiger partial charge in [0.1, 0.15) is 10.8 Å². The standard InChI is InChI=1S/C13H17N3S/c1-2-3-9-15-13-11(12(14)16-17-13)10-7-5-4-6-8-10/h4-8,15H,2-3,9H2,1H3,(H2,14,16). The van der Waals surface area contributed by atoms with Crippen molar-refractivity contribution < 1.29 is 0 Å². The Morgan fingerprint density at radius 3 is 2.76 bits per heavy atom. The molecular weight excluding hydrogens is 230 g/mol. The number of nitrogens with one attached hydrogen (secondary N) is 1. The number of benzene rings is 1. The summed E-state index contributed by atoms with van der Waals surface area (Å²) in [5.41, 5.74) is 8.09. The number of anilines is 2. The summed E-state index contributed by atoms with van der Waals surface area (Å²) in [5, 5.41) is 4.48. The highest BCUT2D eigenvalue weighted by atomic mass is 32.1. The molecular formula is C13H17N3S. The molecule has 0 aliphatic rings. The van der Waals surface area contributed by atoms with Crippen LogP contribution >= 0.6 is 11.5 Å². The third-order valence-electron chi connectivity index (χ3n) is 2.60. The maximum Gasteiger partial charge on any atom is 0.147 e. The van der Waals surface area contributed by atoms with E-state index in [1.807, 2.05) is 18.2 Å². The summed E-state index contributed by atoms with van der Waals surface area (Å²) in [6.07, 6.45) is 2.34. The number of nitrogens with zero attached hydrogens (tertiary/aromatic N) is 1. The van der Waals surface area contributed by atoms with Crippen molar-refractivity contribution in [2.75, 3.05) is 17.6 Å². The Balaban J connectivity index is 2.24. The van der Waals surface area contributed by atoms with Crippen LogP contribution in [0.5, 0.6) is 0 Å². The smallest absolute Gasteiger partial charge is 0.147 e. The molecule has 1 heterocycles. The van der Waals surface area contributed by atoms with Crippen molar-refractivity contribution >= 4 is 22.4 Å². The second kappa shape index (κ2) is 5.68. The molecule has 1 aromatic carbocycles. The molecule has 2 rings (SSSR count). The van der Waals surface area contributed by atoms with Crippen LogP contribution in [0.2, 0.25) is 0 Å². The lowest BCUT2D eigenvalue weighted by Gasteiger charge is -2.06. The highest BCUT2D eigenvalue weighted by Crippen LogP contribution is 2.36. The Hall–Kier alpha value is -1.55. The molecule has 3 N–H and O–H groups in total. The lowest BCUT2D eigenvalue weighted by molar-refractivity contribution is 0.836. The molecule has 0 aliphatic carbocycles. The molecule has 0 saturated carbocycles. The van der Waals surface area contributed by atoms with Crippen molar-refractivity contribution in [2.24, 2.45) is 0 Å². The zero-order valence-electron chi connectivity index (χ0n) is 9.94. The van der Waals surface area contributed by atoms with Crippen LogP contribution in [0.15, 0.2) is 30.3 Å². The van der Waals surface area contributed by atoms with Gasteiger partial charge in [0.2, 0.25) is 0 Å². The lowest BCUT2D eigenvalue weighted by Crippen LogP contribution is -2.00. The van der Waals surface area contributed by atoms with Gasteiger partial charge in [-0.1, -0.05) is 43.7 Å². The minimum absolute atomic E-state index is 0.611. The van der Waals surface area contributed by atoms with Gasteiger partial charge in [-0.3, -0.25) is 0 Å². The summed E-state index contributed by atoms with van der Waals surface area (Å²) in [4.78, 5) is 0. The van der Waals surface area contributed by atoms with E-state index in [4.69, 9.17) is 5.73 Å². The number of hydrogen-bond donors (Lipinski definition) is 2. The third-order valence-corrected chi connectivity index (χ3v) is 3.42. The predicted octanol–water partition coefficient (Wildman–Crippen LogP) is 3.60. The SMILES string of the molecule is CCCCNc1snc(N)c1-c1ccccc1. The highest BCUT2D eigenvalue weighted by Gasteiger charge is 2.12. The monoisotopic (exact) mass is 247 g/mol. The van der Waals surface area contributed by atoms with E-state index in [0.29, 0.717) is 5.82 Å². The predicted molar refractivity (Wildman–Crippen MR) is 75.4 cm³/mol. The van der Waals surface area contributed by atoms with E-state index in [1.54, 1.807) is 0 Å². The number of nitrogens with two attached hydrogens (primary N) is 1. The molecule has 0 bridgehead atoms. The fourth-order valence-corrected chi connectivity index (χ4v) is 2.45. The molecule has 0 radical (unpaired) electrons. The van der Waals surface area contributed by atoms with Crippen LogP contribution < -0.4 is 11.1 Å². The molecule has 0 aliphatic heterocycles. The first-order valence-electron chi connectivity index (χ1n) is 5.87. The zero-order valence-corrected chi connectivity index (χ0v) is 10.8. The van der Waals surface area contributed by atoms with Gasteiger partial charge in [-0.25, -0.2) is 0 Å². The maximum atomic E-state index is 5.94. The molecule has 0 spiro atoms. The number of aromatic nitrogens is 1. The topological polar surface area (TPSA) is 50.9 Å². The summed E-state index contributed by atoms with van der Waals surface area (Å²) < 4.78 is 4.23. The second-order valence-corrected chi connectivity index (χ2v) is 4.69. The average molecular weight is 247 g/mol. The number of hydrogen-bond acceptors (Lipinski definition) is 4. The fraction of sp³-hybridized carbons (Fsp3) is 0.308. The van der Waals surface area contributed by atoms with E-state index in [0.717, 1.165) is 29.1 Å². The number of rotatable bonds is 5. The summed E-state index contributed by atoms with van der Waals surface area (Å²) in [6, 6.07) is 10.2. The van der Waals surface area contributed by atoms with Crippen LogP contribution in [0.25, 0.3) is 11.1 Å². The van der Waals surface area contributed by atoms with Gasteiger partial charge in [0.15, 0.2) is 0 Å². The average Bonchev–Trinajstić information content (AvgIpc) is 2.72. The lowest BCUT2D eigenvalue weighted by atomic mass is 10.1. The van der Waals surface area contributed by atoms with E-state index in [1.165, 1.54) is 18.0 Å². The molecule has 0 fully saturated rings. The fourth-order valence-electron chi connectivity index (χ4n) is 1.69. The van der Waals surface area contributed by atoms with Crippen molar-refractivity contribution in [1.29, 1.82) is 0 Å². The largest absolute Gasteiger partial charge is 0.382 e. The van der Waals surface area contributed by atoms with Crippen molar-refractivity contribution in [2.45, 2.75) is 19.8 Å². The van der Waals surface area contributed by atoms with E-state index in [2.05, 4.69) is 28.7 Å². The van der Waals surface area contributed by atoms with E-state index in [-0.39, 0.29) is 0 Å². The molecule has 90 valence electrons. The first kappa shape index (κ1) is 11.9. The van der Waals surface area contributed by atoms with Crippen LogP contribution in [-0.4, -0.2) is 10.9 Å². The van der Waals surface area contributed by atoms with Crippen molar-refractivity contribution in [3.8, 4) is 11.1 Å².